The second kappa shape index (κ2) is 9.78. The van der Waals surface area contributed by atoms with Crippen molar-refractivity contribution in [2.24, 2.45) is 0 Å². The van der Waals surface area contributed by atoms with E-state index in [1.165, 1.54) is 22.9 Å². The molecule has 1 aliphatic heterocycles. The molecular formula is C28H34N6O2. The average Bonchev–Trinajstić information content (AvgIpc) is 3.20. The highest BCUT2D eigenvalue weighted by Crippen LogP contribution is 2.25. The highest BCUT2D eigenvalue weighted by molar-refractivity contribution is 5.94. The number of carbonyl (C=O) groups excluding carboxylic acids is 1. The van der Waals surface area contributed by atoms with Crippen LogP contribution in [0.4, 0.5) is 5.69 Å². The molecule has 3 heterocycles. The molecule has 0 bridgehead atoms. The van der Waals surface area contributed by atoms with Crippen molar-refractivity contribution in [2.45, 2.75) is 33.7 Å². The van der Waals surface area contributed by atoms with Gasteiger partial charge in [-0.1, -0.05) is 24.3 Å². The van der Waals surface area contributed by atoms with E-state index in [0.717, 1.165) is 49.3 Å². The number of hydrogen-bond donors (Lipinski definition) is 1. The van der Waals surface area contributed by atoms with Gasteiger partial charge in [-0.15, -0.1) is 0 Å². The van der Waals surface area contributed by atoms with Crippen LogP contribution >= 0.6 is 0 Å². The number of para-hydroxylation sites is 1. The van der Waals surface area contributed by atoms with Gasteiger partial charge in [-0.3, -0.25) is 19.2 Å². The molecule has 188 valence electrons. The maximum absolute atomic E-state index is 13.2. The molecule has 1 aliphatic rings. The van der Waals surface area contributed by atoms with Crippen LogP contribution in [0.2, 0.25) is 0 Å². The minimum atomic E-state index is -0.462. The Morgan fingerprint density at radius 1 is 1.03 bits per heavy atom. The fraction of sp³-hybridized carbons (Fsp3) is 0.393. The molecule has 1 amide bonds. The molecule has 0 aliphatic carbocycles. The predicted molar refractivity (Wildman–Crippen MR) is 144 cm³/mol. The molecule has 0 unspecified atom stereocenters. The smallest absolute Gasteiger partial charge is 0.273 e. The first kappa shape index (κ1) is 24.1. The normalized spacial score (nSPS) is 15.5. The van der Waals surface area contributed by atoms with E-state index in [1.54, 1.807) is 0 Å². The van der Waals surface area contributed by atoms with Crippen LogP contribution < -0.4 is 15.8 Å². The number of aromatic nitrogens is 3. The first-order valence-corrected chi connectivity index (χ1v) is 12.7. The molecule has 1 saturated heterocycles. The molecule has 1 N–H and O–H groups in total. The lowest BCUT2D eigenvalue weighted by atomic mass is 10.1. The number of rotatable bonds is 6. The Labute approximate surface area is 211 Å². The number of nitrogens with zero attached hydrogens (tertiary/aromatic N) is 5. The SMILES string of the molecule is Cc1cccc(N2CCN(CCNC(=O)[C@@H](C)n3c4ccccc4c4nc(=O)cc(C)n43)CC2)c1C. The second-order valence-electron chi connectivity index (χ2n) is 9.75. The zero-order valence-electron chi connectivity index (χ0n) is 21.5. The fourth-order valence-corrected chi connectivity index (χ4v) is 5.28. The third kappa shape index (κ3) is 4.37. The van der Waals surface area contributed by atoms with Crippen LogP contribution in [0.3, 0.4) is 0 Å². The number of benzene rings is 2. The molecule has 1 fully saturated rings. The minimum Gasteiger partial charge on any atom is -0.369 e. The lowest BCUT2D eigenvalue weighted by Crippen LogP contribution is -2.49. The van der Waals surface area contributed by atoms with Gasteiger partial charge in [0.2, 0.25) is 5.91 Å². The molecule has 0 saturated carbocycles. The average molecular weight is 487 g/mol. The van der Waals surface area contributed by atoms with Crippen molar-refractivity contribution in [1.82, 2.24) is 24.4 Å². The van der Waals surface area contributed by atoms with Crippen molar-refractivity contribution < 1.29 is 4.79 Å². The van der Waals surface area contributed by atoms with Gasteiger partial charge in [0, 0.05) is 62.1 Å². The monoisotopic (exact) mass is 486 g/mol. The van der Waals surface area contributed by atoms with Gasteiger partial charge in [-0.05, 0) is 57.0 Å². The summed E-state index contributed by atoms with van der Waals surface area (Å²) in [6.45, 7) is 13.5. The third-order valence-electron chi connectivity index (χ3n) is 7.45. The molecule has 2 aromatic carbocycles. The standard InChI is InChI=1S/C28H34N6O2/c1-19-8-7-11-24(21(19)3)32-16-14-31(15-17-32)13-12-29-28(36)22(4)34-25-10-6-5-9-23(25)27-30-26(35)18-20(2)33(27)34/h5-11,18,22H,12-17H2,1-4H3,(H,29,36)/t22-/m1/s1. The Morgan fingerprint density at radius 2 is 1.78 bits per heavy atom. The lowest BCUT2D eigenvalue weighted by Gasteiger charge is -2.37. The Morgan fingerprint density at radius 3 is 2.56 bits per heavy atom. The first-order valence-electron chi connectivity index (χ1n) is 12.7. The maximum Gasteiger partial charge on any atom is 0.273 e. The summed E-state index contributed by atoms with van der Waals surface area (Å²) in [4.78, 5) is 34.4. The van der Waals surface area contributed by atoms with E-state index in [4.69, 9.17) is 0 Å². The molecule has 0 radical (unpaired) electrons. The van der Waals surface area contributed by atoms with Crippen LogP contribution in [0.25, 0.3) is 16.6 Å². The van der Waals surface area contributed by atoms with Crippen LogP contribution in [0.1, 0.15) is 29.8 Å². The molecule has 36 heavy (non-hydrogen) atoms. The fourth-order valence-electron chi connectivity index (χ4n) is 5.28. The minimum absolute atomic E-state index is 0.0511. The quantitative estimate of drug-likeness (QED) is 0.453. The summed E-state index contributed by atoms with van der Waals surface area (Å²) in [5.74, 6) is -0.0511. The highest BCUT2D eigenvalue weighted by atomic mass is 16.2. The van der Waals surface area contributed by atoms with E-state index in [-0.39, 0.29) is 11.5 Å². The van der Waals surface area contributed by atoms with Gasteiger partial charge in [-0.2, -0.15) is 4.98 Å². The lowest BCUT2D eigenvalue weighted by molar-refractivity contribution is -0.124. The second-order valence-corrected chi connectivity index (χ2v) is 9.75. The van der Waals surface area contributed by atoms with Crippen LogP contribution in [-0.2, 0) is 4.79 Å². The van der Waals surface area contributed by atoms with Crippen LogP contribution in [0.5, 0.6) is 0 Å². The zero-order chi connectivity index (χ0) is 25.4. The van der Waals surface area contributed by atoms with Crippen molar-refractivity contribution in [1.29, 1.82) is 0 Å². The van der Waals surface area contributed by atoms with Gasteiger partial charge in [0.15, 0.2) is 5.65 Å². The maximum atomic E-state index is 13.2. The third-order valence-corrected chi connectivity index (χ3v) is 7.45. The molecule has 8 nitrogen and oxygen atoms in total. The Bertz CT molecular complexity index is 1480. The van der Waals surface area contributed by atoms with Crippen LogP contribution in [0.15, 0.2) is 53.3 Å². The molecule has 2 aromatic heterocycles. The highest BCUT2D eigenvalue weighted by Gasteiger charge is 2.23. The molecule has 5 rings (SSSR count). The summed E-state index contributed by atoms with van der Waals surface area (Å²) in [6.07, 6.45) is 0. The van der Waals surface area contributed by atoms with Gasteiger partial charge in [0.25, 0.3) is 5.56 Å². The van der Waals surface area contributed by atoms with Gasteiger partial charge in [-0.25, -0.2) is 4.52 Å². The van der Waals surface area contributed by atoms with Crippen molar-refractivity contribution in [3.05, 3.63) is 75.7 Å². The van der Waals surface area contributed by atoms with Crippen LogP contribution in [0, 0.1) is 20.8 Å². The number of aryl methyl sites for hydroxylation is 2. The van der Waals surface area contributed by atoms with Gasteiger partial charge in [0.05, 0.1) is 5.52 Å². The summed E-state index contributed by atoms with van der Waals surface area (Å²) in [5, 5.41) is 3.99. The number of amides is 1. The van der Waals surface area contributed by atoms with Crippen molar-refractivity contribution in [3.8, 4) is 0 Å². The van der Waals surface area contributed by atoms with E-state index in [0.29, 0.717) is 12.2 Å². The number of fused-ring (bicyclic) bond motifs is 3. The van der Waals surface area contributed by atoms with Crippen molar-refractivity contribution in [3.63, 3.8) is 0 Å². The summed E-state index contributed by atoms with van der Waals surface area (Å²) in [5.41, 5.74) is 5.95. The zero-order valence-corrected chi connectivity index (χ0v) is 21.5. The summed E-state index contributed by atoms with van der Waals surface area (Å²) in [7, 11) is 0. The van der Waals surface area contributed by atoms with Crippen molar-refractivity contribution in [2.75, 3.05) is 44.2 Å². The van der Waals surface area contributed by atoms with E-state index in [1.807, 2.05) is 47.3 Å². The summed E-state index contributed by atoms with van der Waals surface area (Å²) >= 11 is 0. The summed E-state index contributed by atoms with van der Waals surface area (Å²) in [6, 6.07) is 15.3. The van der Waals surface area contributed by atoms with E-state index < -0.39 is 6.04 Å². The first-order chi connectivity index (χ1) is 17.3. The molecule has 0 spiro atoms. The van der Waals surface area contributed by atoms with Crippen LogP contribution in [-0.4, -0.2) is 64.3 Å². The number of hydrogen-bond acceptors (Lipinski definition) is 5. The molecule has 1 atom stereocenters. The number of piperazine rings is 1. The van der Waals surface area contributed by atoms with Crippen molar-refractivity contribution >= 4 is 28.1 Å². The Balaban J connectivity index is 1.23. The largest absolute Gasteiger partial charge is 0.369 e. The Kier molecular flexibility index (Phi) is 6.53. The molecule has 8 heteroatoms. The van der Waals surface area contributed by atoms with Gasteiger partial charge in [0.1, 0.15) is 6.04 Å². The van der Waals surface area contributed by atoms with E-state index >= 15 is 0 Å². The number of nitrogens with one attached hydrogen (secondary N) is 1. The predicted octanol–water partition coefficient (Wildman–Crippen LogP) is 3.07. The number of anilines is 1. The summed E-state index contributed by atoms with van der Waals surface area (Å²) < 4.78 is 3.81. The Hall–Kier alpha value is -3.65. The van der Waals surface area contributed by atoms with E-state index in [9.17, 15) is 9.59 Å². The molecule has 4 aromatic rings. The molecular weight excluding hydrogens is 452 g/mol. The topological polar surface area (TPSA) is 74.9 Å². The van der Waals surface area contributed by atoms with Gasteiger partial charge >= 0.3 is 0 Å². The van der Waals surface area contributed by atoms with E-state index in [2.05, 4.69) is 52.1 Å². The van der Waals surface area contributed by atoms with Gasteiger partial charge < -0.3 is 10.2 Å². The number of carbonyl (C=O) groups is 1.